The molecule has 0 unspecified atom stereocenters. The molecule has 0 aromatic carbocycles. The number of nitrogens with one attached hydrogen (secondary N) is 1. The first-order valence-electron chi connectivity index (χ1n) is 5.24. The van der Waals surface area contributed by atoms with E-state index in [1.54, 1.807) is 6.26 Å². The lowest BCUT2D eigenvalue weighted by atomic mass is 9.83. The second-order valence-electron chi connectivity index (χ2n) is 4.41. The quantitative estimate of drug-likeness (QED) is 0.782. The molecule has 0 spiro atoms. The average molecular weight is 193 g/mol. The molecule has 1 aliphatic heterocycles. The Morgan fingerprint density at radius 2 is 2.29 bits per heavy atom. The van der Waals surface area contributed by atoms with Gasteiger partial charge in [-0.1, -0.05) is 0 Å². The molecular formula is C11H15NO2. The Labute approximate surface area is 83.4 Å². The fraction of sp³-hybridized carbons (Fsp3) is 0.636. The van der Waals surface area contributed by atoms with Gasteiger partial charge in [-0.25, -0.2) is 0 Å². The number of furan rings is 1. The summed E-state index contributed by atoms with van der Waals surface area (Å²) in [5.74, 6) is 1.07. The van der Waals surface area contributed by atoms with Crippen LogP contribution in [0.3, 0.4) is 0 Å². The molecule has 1 aromatic heterocycles. The van der Waals surface area contributed by atoms with E-state index in [1.807, 2.05) is 6.07 Å². The van der Waals surface area contributed by atoms with Crippen LogP contribution < -0.4 is 5.32 Å². The highest BCUT2D eigenvalue weighted by Gasteiger charge is 2.43. The van der Waals surface area contributed by atoms with Crippen LogP contribution in [-0.2, 0) is 10.2 Å². The fourth-order valence-corrected chi connectivity index (χ4v) is 1.89. The standard InChI is InChI=1S/C11H15NO2/c1-2-10(14-5-1)11(7-13-8-11)6-12-9-3-4-9/h1-2,5,9,12H,3-4,6-8H2. The Hall–Kier alpha value is -0.800. The van der Waals surface area contributed by atoms with Crippen molar-refractivity contribution in [1.29, 1.82) is 0 Å². The zero-order chi connectivity index (χ0) is 9.43. The zero-order valence-corrected chi connectivity index (χ0v) is 8.16. The number of ether oxygens (including phenoxy) is 1. The van der Waals surface area contributed by atoms with E-state index in [9.17, 15) is 0 Å². The summed E-state index contributed by atoms with van der Waals surface area (Å²) < 4.78 is 10.8. The van der Waals surface area contributed by atoms with Gasteiger partial charge in [-0.2, -0.15) is 0 Å². The van der Waals surface area contributed by atoms with Crippen molar-refractivity contribution < 1.29 is 9.15 Å². The third-order valence-electron chi connectivity index (χ3n) is 3.11. The third kappa shape index (κ3) is 1.37. The smallest absolute Gasteiger partial charge is 0.115 e. The van der Waals surface area contributed by atoms with E-state index in [4.69, 9.17) is 9.15 Å². The van der Waals surface area contributed by atoms with Gasteiger partial charge >= 0.3 is 0 Å². The van der Waals surface area contributed by atoms with Crippen molar-refractivity contribution in [3.8, 4) is 0 Å². The van der Waals surface area contributed by atoms with Crippen LogP contribution >= 0.6 is 0 Å². The van der Waals surface area contributed by atoms with Crippen LogP contribution in [0.1, 0.15) is 18.6 Å². The van der Waals surface area contributed by atoms with Crippen LogP contribution in [0.4, 0.5) is 0 Å². The van der Waals surface area contributed by atoms with Gasteiger partial charge in [-0.3, -0.25) is 0 Å². The molecule has 3 heteroatoms. The summed E-state index contributed by atoms with van der Waals surface area (Å²) in [4.78, 5) is 0. The largest absolute Gasteiger partial charge is 0.469 e. The first-order chi connectivity index (χ1) is 6.89. The van der Waals surface area contributed by atoms with Crippen LogP contribution in [0.5, 0.6) is 0 Å². The second kappa shape index (κ2) is 3.11. The predicted molar refractivity (Wildman–Crippen MR) is 52.2 cm³/mol. The van der Waals surface area contributed by atoms with Crippen molar-refractivity contribution in [3.05, 3.63) is 24.2 Å². The molecule has 3 nitrogen and oxygen atoms in total. The van der Waals surface area contributed by atoms with Crippen molar-refractivity contribution in [3.63, 3.8) is 0 Å². The molecule has 2 heterocycles. The Balaban J connectivity index is 1.70. The summed E-state index contributed by atoms with van der Waals surface area (Å²) >= 11 is 0. The van der Waals surface area contributed by atoms with Gasteiger partial charge in [0.25, 0.3) is 0 Å². The molecule has 2 fully saturated rings. The van der Waals surface area contributed by atoms with Crippen molar-refractivity contribution in [2.45, 2.75) is 24.3 Å². The summed E-state index contributed by atoms with van der Waals surface area (Å²) in [5, 5.41) is 3.55. The lowest BCUT2D eigenvalue weighted by Crippen LogP contribution is -2.53. The first kappa shape index (κ1) is 8.50. The van der Waals surface area contributed by atoms with Gasteiger partial charge in [0.2, 0.25) is 0 Å². The molecule has 1 N–H and O–H groups in total. The number of rotatable bonds is 4. The molecule has 14 heavy (non-hydrogen) atoms. The SMILES string of the molecule is c1coc(C2(CNC3CC3)COC2)c1. The van der Waals surface area contributed by atoms with Gasteiger partial charge in [-0.05, 0) is 25.0 Å². The molecule has 0 amide bonds. The molecule has 0 bridgehead atoms. The molecule has 1 saturated carbocycles. The highest BCUT2D eigenvalue weighted by Crippen LogP contribution is 2.33. The Kier molecular flexibility index (Phi) is 1.89. The summed E-state index contributed by atoms with van der Waals surface area (Å²) in [6, 6.07) is 4.76. The van der Waals surface area contributed by atoms with E-state index in [0.29, 0.717) is 0 Å². The van der Waals surface area contributed by atoms with Crippen LogP contribution in [0.2, 0.25) is 0 Å². The van der Waals surface area contributed by atoms with Gasteiger partial charge < -0.3 is 14.5 Å². The number of hydrogen-bond donors (Lipinski definition) is 1. The first-order valence-corrected chi connectivity index (χ1v) is 5.24. The van der Waals surface area contributed by atoms with Crippen LogP contribution in [0, 0.1) is 0 Å². The molecule has 0 atom stereocenters. The Morgan fingerprint density at radius 3 is 2.79 bits per heavy atom. The van der Waals surface area contributed by atoms with Gasteiger partial charge in [-0.15, -0.1) is 0 Å². The van der Waals surface area contributed by atoms with E-state index in [-0.39, 0.29) is 5.41 Å². The van der Waals surface area contributed by atoms with Gasteiger partial charge in [0.05, 0.1) is 24.9 Å². The summed E-state index contributed by atoms with van der Waals surface area (Å²) in [6.45, 7) is 2.58. The predicted octanol–water partition coefficient (Wildman–Crippen LogP) is 1.30. The molecule has 1 saturated heterocycles. The van der Waals surface area contributed by atoms with Crippen LogP contribution in [-0.4, -0.2) is 25.8 Å². The van der Waals surface area contributed by atoms with Gasteiger partial charge in [0.15, 0.2) is 0 Å². The minimum Gasteiger partial charge on any atom is -0.469 e. The average Bonchev–Trinajstić information content (AvgIpc) is 2.78. The Morgan fingerprint density at radius 1 is 1.43 bits per heavy atom. The van der Waals surface area contributed by atoms with Crippen molar-refractivity contribution in [1.82, 2.24) is 5.32 Å². The molecular weight excluding hydrogens is 178 g/mol. The van der Waals surface area contributed by atoms with Crippen molar-refractivity contribution >= 4 is 0 Å². The molecule has 1 aliphatic carbocycles. The van der Waals surface area contributed by atoms with Crippen LogP contribution in [0.25, 0.3) is 0 Å². The van der Waals surface area contributed by atoms with E-state index in [0.717, 1.165) is 31.6 Å². The topological polar surface area (TPSA) is 34.4 Å². The van der Waals surface area contributed by atoms with Gasteiger partial charge in [0.1, 0.15) is 5.76 Å². The van der Waals surface area contributed by atoms with Crippen molar-refractivity contribution in [2.75, 3.05) is 19.8 Å². The van der Waals surface area contributed by atoms with Crippen LogP contribution in [0.15, 0.2) is 22.8 Å². The third-order valence-corrected chi connectivity index (χ3v) is 3.11. The maximum Gasteiger partial charge on any atom is 0.115 e. The van der Waals surface area contributed by atoms with E-state index in [2.05, 4.69) is 11.4 Å². The monoisotopic (exact) mass is 193 g/mol. The fourth-order valence-electron chi connectivity index (χ4n) is 1.89. The lowest BCUT2D eigenvalue weighted by molar-refractivity contribution is -0.0689. The van der Waals surface area contributed by atoms with E-state index >= 15 is 0 Å². The maximum atomic E-state index is 5.47. The highest BCUT2D eigenvalue weighted by atomic mass is 16.5. The molecule has 3 rings (SSSR count). The zero-order valence-electron chi connectivity index (χ0n) is 8.16. The van der Waals surface area contributed by atoms with Gasteiger partial charge in [0, 0.05) is 12.6 Å². The summed E-state index contributed by atoms with van der Waals surface area (Å²) in [5.41, 5.74) is 0.117. The summed E-state index contributed by atoms with van der Waals surface area (Å²) in [6.07, 6.45) is 4.40. The molecule has 76 valence electrons. The molecule has 0 radical (unpaired) electrons. The minimum atomic E-state index is 0.117. The normalized spacial score (nSPS) is 24.6. The minimum absolute atomic E-state index is 0.117. The lowest BCUT2D eigenvalue weighted by Gasteiger charge is -2.39. The second-order valence-corrected chi connectivity index (χ2v) is 4.41. The highest BCUT2D eigenvalue weighted by molar-refractivity contribution is 5.19. The molecule has 1 aromatic rings. The maximum absolute atomic E-state index is 5.47. The Bertz CT molecular complexity index is 299. The number of hydrogen-bond acceptors (Lipinski definition) is 3. The molecule has 2 aliphatic rings. The van der Waals surface area contributed by atoms with E-state index in [1.165, 1.54) is 12.8 Å². The van der Waals surface area contributed by atoms with E-state index < -0.39 is 0 Å². The van der Waals surface area contributed by atoms with Crippen molar-refractivity contribution in [2.24, 2.45) is 0 Å². The summed E-state index contributed by atoms with van der Waals surface area (Å²) in [7, 11) is 0.